The van der Waals surface area contributed by atoms with Crippen molar-refractivity contribution >= 4 is 21.8 Å². The van der Waals surface area contributed by atoms with E-state index in [1.165, 1.54) is 57.5 Å². The number of esters is 1. The monoisotopic (exact) mass is 425 g/mol. The van der Waals surface area contributed by atoms with Crippen molar-refractivity contribution in [1.29, 1.82) is 0 Å². The maximum Gasteiger partial charge on any atom is 0.324 e. The van der Waals surface area contributed by atoms with Gasteiger partial charge in [0.05, 0.1) is 19.1 Å². The second-order valence-electron chi connectivity index (χ2n) is 5.90. The number of carbonyl (C=O) groups excluding carboxylic acids is 2. The summed E-state index contributed by atoms with van der Waals surface area (Å²) in [7, 11) is -1.25. The number of carbonyl (C=O) groups is 2. The van der Waals surface area contributed by atoms with Gasteiger partial charge in [0, 0.05) is 5.56 Å². The molecule has 0 spiro atoms. The summed E-state index contributed by atoms with van der Waals surface area (Å²) in [6, 6.07) is 7.88. The van der Waals surface area contributed by atoms with Crippen LogP contribution in [0, 0.1) is 5.82 Å². The Labute approximate surface area is 167 Å². The molecule has 0 radical (unpaired) electrons. The van der Waals surface area contributed by atoms with E-state index < -0.39 is 40.2 Å². The number of benzene rings is 2. The molecule has 0 saturated heterocycles. The molecule has 0 aliphatic rings. The molecule has 1 N–H and O–H groups in total. The molecule has 0 heterocycles. The quantitative estimate of drug-likeness (QED) is 0.483. The number of ether oxygens (including phenoxy) is 3. The van der Waals surface area contributed by atoms with Crippen molar-refractivity contribution in [1.82, 2.24) is 4.72 Å². The number of sulfonamides is 1. The number of halogens is 1. The second kappa shape index (κ2) is 9.48. The van der Waals surface area contributed by atoms with Gasteiger partial charge in [-0.05, 0) is 49.4 Å². The number of hydrogen-bond donors (Lipinski definition) is 1. The van der Waals surface area contributed by atoms with Gasteiger partial charge >= 0.3 is 5.97 Å². The number of rotatable bonds is 9. The van der Waals surface area contributed by atoms with Crippen molar-refractivity contribution in [2.45, 2.75) is 17.9 Å². The van der Waals surface area contributed by atoms with Crippen LogP contribution < -0.4 is 14.2 Å². The lowest BCUT2D eigenvalue weighted by Gasteiger charge is -2.14. The summed E-state index contributed by atoms with van der Waals surface area (Å²) in [6.07, 6.45) is 0. The van der Waals surface area contributed by atoms with Crippen LogP contribution in [0.25, 0.3) is 0 Å². The van der Waals surface area contributed by atoms with Crippen LogP contribution in [0.3, 0.4) is 0 Å². The van der Waals surface area contributed by atoms with E-state index in [1.807, 2.05) is 0 Å². The first-order valence-electron chi connectivity index (χ1n) is 8.37. The molecule has 2 aromatic rings. The van der Waals surface area contributed by atoms with E-state index >= 15 is 0 Å². The molecule has 1 atom stereocenters. The first-order valence-corrected chi connectivity index (χ1v) is 9.86. The average Bonchev–Trinajstić information content (AvgIpc) is 2.71. The normalized spacial score (nSPS) is 12.1. The zero-order chi connectivity index (χ0) is 21.6. The van der Waals surface area contributed by atoms with Crippen molar-refractivity contribution in [3.63, 3.8) is 0 Å². The van der Waals surface area contributed by atoms with Crippen LogP contribution in [0.5, 0.6) is 11.5 Å². The summed E-state index contributed by atoms with van der Waals surface area (Å²) < 4.78 is 55.0. The SMILES string of the molecule is COc1ccc(S(=O)(=O)N[C@@H](C)C(=O)OCC(=O)c2ccc(OC)c(F)c2)cc1. The lowest BCUT2D eigenvalue weighted by Crippen LogP contribution is -2.40. The number of Topliss-reactive ketones (excluding diaryl/α,β-unsaturated/α-hetero) is 1. The predicted molar refractivity (Wildman–Crippen MR) is 101 cm³/mol. The zero-order valence-electron chi connectivity index (χ0n) is 16.0. The molecule has 2 rings (SSSR count). The maximum atomic E-state index is 13.7. The van der Waals surface area contributed by atoms with E-state index in [0.717, 1.165) is 6.07 Å². The van der Waals surface area contributed by atoms with Crippen molar-refractivity contribution in [3.8, 4) is 11.5 Å². The van der Waals surface area contributed by atoms with E-state index in [1.54, 1.807) is 0 Å². The molecule has 10 heteroatoms. The van der Waals surface area contributed by atoms with Crippen LogP contribution in [0.2, 0.25) is 0 Å². The highest BCUT2D eigenvalue weighted by atomic mass is 32.2. The number of methoxy groups -OCH3 is 2. The first kappa shape index (κ1) is 22.3. The Bertz CT molecular complexity index is 990. The fraction of sp³-hybridized carbons (Fsp3) is 0.263. The van der Waals surface area contributed by atoms with E-state index in [-0.39, 0.29) is 16.2 Å². The Morgan fingerprint density at radius 2 is 1.72 bits per heavy atom. The molecule has 0 aromatic heterocycles. The Hall–Kier alpha value is -2.98. The van der Waals surface area contributed by atoms with E-state index in [2.05, 4.69) is 4.72 Å². The molecule has 156 valence electrons. The minimum Gasteiger partial charge on any atom is -0.497 e. The van der Waals surface area contributed by atoms with Crippen LogP contribution in [0.4, 0.5) is 4.39 Å². The number of nitrogens with one attached hydrogen (secondary N) is 1. The van der Waals surface area contributed by atoms with Gasteiger partial charge in [0.2, 0.25) is 10.0 Å². The summed E-state index contributed by atoms with van der Waals surface area (Å²) in [6.45, 7) is 0.611. The highest BCUT2D eigenvalue weighted by Gasteiger charge is 2.24. The third-order valence-electron chi connectivity index (χ3n) is 3.87. The van der Waals surface area contributed by atoms with Crippen molar-refractivity contribution in [2.24, 2.45) is 0 Å². The molecule has 8 nitrogen and oxygen atoms in total. The van der Waals surface area contributed by atoms with E-state index in [9.17, 15) is 22.4 Å². The van der Waals surface area contributed by atoms with Crippen LogP contribution in [0.1, 0.15) is 17.3 Å². The molecule has 0 amide bonds. The van der Waals surface area contributed by atoms with Crippen LogP contribution in [0.15, 0.2) is 47.4 Å². The maximum absolute atomic E-state index is 13.7. The van der Waals surface area contributed by atoms with Gasteiger partial charge in [-0.3, -0.25) is 9.59 Å². The van der Waals surface area contributed by atoms with E-state index in [0.29, 0.717) is 5.75 Å². The molecule has 0 bridgehead atoms. The molecule has 0 saturated carbocycles. The standard InChI is InChI=1S/C19H20FNO7S/c1-12(21-29(24,25)15-7-5-14(26-2)6-8-15)19(23)28-11-17(22)13-4-9-18(27-3)16(20)10-13/h4-10,12,21H,11H2,1-3H3/t12-/m0/s1. The third kappa shape index (κ3) is 5.75. The smallest absolute Gasteiger partial charge is 0.324 e. The van der Waals surface area contributed by atoms with Gasteiger partial charge < -0.3 is 14.2 Å². The minimum absolute atomic E-state index is 0.0115. The van der Waals surface area contributed by atoms with Crippen LogP contribution in [-0.2, 0) is 19.6 Å². The average molecular weight is 425 g/mol. The summed E-state index contributed by atoms with van der Waals surface area (Å²) >= 11 is 0. The molecule has 0 fully saturated rings. The fourth-order valence-corrected chi connectivity index (χ4v) is 3.48. The summed E-state index contributed by atoms with van der Waals surface area (Å²) in [5.41, 5.74) is -0.0115. The summed E-state index contributed by atoms with van der Waals surface area (Å²) in [4.78, 5) is 24.0. The molecule has 0 aliphatic heterocycles. The summed E-state index contributed by atoms with van der Waals surface area (Å²) in [5, 5.41) is 0. The van der Waals surface area contributed by atoms with Gasteiger partial charge in [0.15, 0.2) is 24.0 Å². The Morgan fingerprint density at radius 1 is 1.07 bits per heavy atom. The van der Waals surface area contributed by atoms with Crippen molar-refractivity contribution in [2.75, 3.05) is 20.8 Å². The van der Waals surface area contributed by atoms with E-state index in [4.69, 9.17) is 14.2 Å². The Morgan fingerprint density at radius 3 is 2.28 bits per heavy atom. The van der Waals surface area contributed by atoms with Gasteiger partial charge in [-0.2, -0.15) is 4.72 Å². The molecule has 0 unspecified atom stereocenters. The predicted octanol–water partition coefficient (Wildman–Crippen LogP) is 1.94. The summed E-state index contributed by atoms with van der Waals surface area (Å²) in [5.74, 6) is -1.88. The molecular formula is C19H20FNO7S. The highest BCUT2D eigenvalue weighted by molar-refractivity contribution is 7.89. The van der Waals surface area contributed by atoms with Gasteiger partial charge in [-0.15, -0.1) is 0 Å². The first-order chi connectivity index (χ1) is 13.7. The molecule has 2 aromatic carbocycles. The largest absolute Gasteiger partial charge is 0.497 e. The fourth-order valence-electron chi connectivity index (χ4n) is 2.29. The topological polar surface area (TPSA) is 108 Å². The minimum atomic E-state index is -3.99. The van der Waals surface area contributed by atoms with Crippen LogP contribution >= 0.6 is 0 Å². The Balaban J connectivity index is 1.95. The lowest BCUT2D eigenvalue weighted by atomic mass is 10.1. The highest BCUT2D eigenvalue weighted by Crippen LogP contribution is 2.18. The molecule has 0 aliphatic carbocycles. The Kier molecular flexibility index (Phi) is 7.29. The van der Waals surface area contributed by atoms with Crippen molar-refractivity contribution < 1.29 is 36.6 Å². The second-order valence-corrected chi connectivity index (χ2v) is 7.61. The van der Waals surface area contributed by atoms with Gasteiger partial charge in [-0.1, -0.05) is 0 Å². The van der Waals surface area contributed by atoms with Gasteiger partial charge in [0.25, 0.3) is 0 Å². The van der Waals surface area contributed by atoms with Crippen molar-refractivity contribution in [3.05, 3.63) is 53.8 Å². The van der Waals surface area contributed by atoms with Gasteiger partial charge in [-0.25, -0.2) is 12.8 Å². The number of ketones is 1. The van der Waals surface area contributed by atoms with Gasteiger partial charge in [0.1, 0.15) is 11.8 Å². The lowest BCUT2D eigenvalue weighted by molar-refractivity contribution is -0.144. The van der Waals surface area contributed by atoms with Crippen LogP contribution in [-0.4, -0.2) is 47.0 Å². The number of hydrogen-bond acceptors (Lipinski definition) is 7. The molecule has 29 heavy (non-hydrogen) atoms. The molecular weight excluding hydrogens is 405 g/mol. The third-order valence-corrected chi connectivity index (χ3v) is 5.43. The zero-order valence-corrected chi connectivity index (χ0v) is 16.8.